The van der Waals surface area contributed by atoms with Crippen LogP contribution >= 0.6 is 0 Å². The minimum absolute atomic E-state index is 0.0951. The van der Waals surface area contributed by atoms with Gasteiger partial charge in [0.15, 0.2) is 6.10 Å². The van der Waals surface area contributed by atoms with Gasteiger partial charge in [-0.05, 0) is 141 Å². The van der Waals surface area contributed by atoms with Crippen LogP contribution in [0.4, 0.5) is 0 Å². The van der Waals surface area contributed by atoms with E-state index in [0.29, 0.717) is 19.3 Å². The lowest BCUT2D eigenvalue weighted by Gasteiger charge is -2.18. The number of rotatable bonds is 58. The number of unbranched alkanes of at least 4 members (excludes halogenated alkanes) is 23. The summed E-state index contributed by atoms with van der Waals surface area (Å²) in [6, 6.07) is 0. The standard InChI is InChI=1S/C74H120O6/c1-4-7-10-13-16-19-22-25-27-29-31-33-34-35-36-37-38-39-40-42-43-45-47-49-52-55-58-61-64-67-73(76)79-70-71(69-78-72(75)66-63-60-57-54-51-24-21-18-15-12-9-6-3)80-74(77)68-65-62-59-56-53-50-48-46-44-41-32-30-28-26-23-20-17-14-11-8-5-2/h7-8,10-11,16-21,25-28,31-33,35-36,38-39,41,46,48,71H,4-6,9,12-15,22-24,29-30,34,37,40,42-45,47,49-70H2,1-3H3/b10-7-,11-8-,19-16-,20-17-,21-18-,27-25-,28-26-,33-31-,36-35-,39-38-,41-32-,48-46-. The summed E-state index contributed by atoms with van der Waals surface area (Å²) in [7, 11) is 0. The fourth-order valence-electron chi connectivity index (χ4n) is 8.70. The highest BCUT2D eigenvalue weighted by molar-refractivity contribution is 5.71. The van der Waals surface area contributed by atoms with Gasteiger partial charge in [0, 0.05) is 19.3 Å². The molecule has 0 aliphatic heterocycles. The maximum Gasteiger partial charge on any atom is 0.306 e. The van der Waals surface area contributed by atoms with Gasteiger partial charge in [0.05, 0.1) is 0 Å². The van der Waals surface area contributed by atoms with Crippen LogP contribution in [0.5, 0.6) is 0 Å². The smallest absolute Gasteiger partial charge is 0.306 e. The molecule has 0 aromatic rings. The molecule has 1 unspecified atom stereocenters. The second kappa shape index (κ2) is 66.8. The zero-order valence-electron chi connectivity index (χ0n) is 51.8. The van der Waals surface area contributed by atoms with Gasteiger partial charge in [-0.3, -0.25) is 14.4 Å². The Hall–Kier alpha value is -4.71. The third kappa shape index (κ3) is 64.1. The van der Waals surface area contributed by atoms with Gasteiger partial charge in [0.25, 0.3) is 0 Å². The molecule has 0 rings (SSSR count). The molecular formula is C74H120O6. The molecule has 0 saturated carbocycles. The fourth-order valence-corrected chi connectivity index (χ4v) is 8.70. The lowest BCUT2D eigenvalue weighted by atomic mass is 10.1. The van der Waals surface area contributed by atoms with Crippen LogP contribution in [0.3, 0.4) is 0 Å². The van der Waals surface area contributed by atoms with Crippen LogP contribution in [0.2, 0.25) is 0 Å². The third-order valence-corrected chi connectivity index (χ3v) is 13.6. The molecule has 6 heteroatoms. The summed E-state index contributed by atoms with van der Waals surface area (Å²) in [5.41, 5.74) is 0. The number of carbonyl (C=O) groups excluding carboxylic acids is 3. The third-order valence-electron chi connectivity index (χ3n) is 13.6. The van der Waals surface area contributed by atoms with Gasteiger partial charge in [0.1, 0.15) is 13.2 Å². The zero-order chi connectivity index (χ0) is 57.8. The van der Waals surface area contributed by atoms with Crippen molar-refractivity contribution in [2.45, 2.75) is 290 Å². The van der Waals surface area contributed by atoms with Crippen molar-refractivity contribution >= 4 is 17.9 Å². The molecule has 0 fully saturated rings. The molecule has 0 aliphatic rings. The van der Waals surface area contributed by atoms with E-state index in [9.17, 15) is 14.4 Å². The highest BCUT2D eigenvalue weighted by atomic mass is 16.6. The SMILES string of the molecule is CC/C=C\C/C=C\C/C=C\C/C=C\C/C=C\C/C=C\CCCCCCCCCCCCC(=O)OCC(COC(=O)CCCCCCC/C=C\CCCCC)OC(=O)CCCCCCC/C=C\C/C=C\C/C=C\C/C=C\C/C=C\CC. The van der Waals surface area contributed by atoms with Crippen molar-refractivity contribution in [2.24, 2.45) is 0 Å². The highest BCUT2D eigenvalue weighted by Gasteiger charge is 2.19. The zero-order valence-corrected chi connectivity index (χ0v) is 51.8. The minimum atomic E-state index is -0.800. The molecule has 0 aromatic carbocycles. The summed E-state index contributed by atoms with van der Waals surface area (Å²) in [6.07, 6.45) is 95.7. The van der Waals surface area contributed by atoms with Crippen molar-refractivity contribution in [1.29, 1.82) is 0 Å². The maximum absolute atomic E-state index is 12.9. The molecule has 0 bridgehead atoms. The molecule has 452 valence electrons. The Morgan fingerprint density at radius 1 is 0.263 bits per heavy atom. The Labute approximate surface area is 493 Å². The predicted octanol–water partition coefficient (Wildman–Crippen LogP) is 22.7. The van der Waals surface area contributed by atoms with E-state index in [1.807, 2.05) is 0 Å². The second-order valence-corrected chi connectivity index (χ2v) is 21.3. The highest BCUT2D eigenvalue weighted by Crippen LogP contribution is 2.15. The molecule has 0 saturated heterocycles. The largest absolute Gasteiger partial charge is 0.462 e. The molecular weight excluding hydrogens is 985 g/mol. The van der Waals surface area contributed by atoms with Gasteiger partial charge in [-0.2, -0.15) is 0 Å². The van der Waals surface area contributed by atoms with Crippen LogP contribution in [0.15, 0.2) is 146 Å². The Balaban J connectivity index is 4.35. The quantitative estimate of drug-likeness (QED) is 0.0261. The molecule has 0 N–H and O–H groups in total. The van der Waals surface area contributed by atoms with Crippen molar-refractivity contribution in [2.75, 3.05) is 13.2 Å². The molecule has 0 radical (unpaired) electrons. The predicted molar refractivity (Wildman–Crippen MR) is 348 cm³/mol. The summed E-state index contributed by atoms with van der Waals surface area (Å²) in [5.74, 6) is -0.927. The molecule has 0 amide bonds. The number of allylic oxidation sites excluding steroid dienone is 24. The summed E-state index contributed by atoms with van der Waals surface area (Å²) in [4.78, 5) is 38.3. The first-order valence-corrected chi connectivity index (χ1v) is 32.8. The molecule has 0 heterocycles. The average molecular weight is 1110 g/mol. The topological polar surface area (TPSA) is 78.9 Å². The maximum atomic E-state index is 12.9. The van der Waals surface area contributed by atoms with Crippen molar-refractivity contribution in [3.63, 3.8) is 0 Å². The number of esters is 3. The molecule has 6 nitrogen and oxygen atoms in total. The Kier molecular flexibility index (Phi) is 62.9. The van der Waals surface area contributed by atoms with E-state index in [1.165, 1.54) is 83.5 Å². The van der Waals surface area contributed by atoms with Gasteiger partial charge >= 0.3 is 17.9 Å². The van der Waals surface area contributed by atoms with E-state index in [4.69, 9.17) is 14.2 Å². The number of ether oxygens (including phenoxy) is 3. The van der Waals surface area contributed by atoms with Crippen LogP contribution in [-0.4, -0.2) is 37.2 Å². The van der Waals surface area contributed by atoms with E-state index >= 15 is 0 Å². The fraction of sp³-hybridized carbons (Fsp3) is 0.635. The van der Waals surface area contributed by atoms with Gasteiger partial charge in [-0.15, -0.1) is 0 Å². The summed E-state index contributed by atoms with van der Waals surface area (Å²) < 4.78 is 16.9. The van der Waals surface area contributed by atoms with Crippen LogP contribution < -0.4 is 0 Å². The van der Waals surface area contributed by atoms with Crippen molar-refractivity contribution in [1.82, 2.24) is 0 Å². The molecule has 0 aliphatic carbocycles. The summed E-state index contributed by atoms with van der Waals surface area (Å²) >= 11 is 0. The lowest BCUT2D eigenvalue weighted by Crippen LogP contribution is -2.30. The molecule has 0 spiro atoms. The lowest BCUT2D eigenvalue weighted by molar-refractivity contribution is -0.167. The van der Waals surface area contributed by atoms with Crippen LogP contribution in [-0.2, 0) is 28.6 Å². The first kappa shape index (κ1) is 75.3. The van der Waals surface area contributed by atoms with E-state index in [1.54, 1.807) is 0 Å². The van der Waals surface area contributed by atoms with E-state index in [0.717, 1.165) is 161 Å². The number of carbonyl (C=O) groups is 3. The monoisotopic (exact) mass is 1100 g/mol. The molecule has 80 heavy (non-hydrogen) atoms. The molecule has 0 aromatic heterocycles. The minimum Gasteiger partial charge on any atom is -0.462 e. The average Bonchev–Trinajstić information content (AvgIpc) is 3.46. The van der Waals surface area contributed by atoms with Crippen molar-refractivity contribution in [3.8, 4) is 0 Å². The van der Waals surface area contributed by atoms with Gasteiger partial charge in [-0.25, -0.2) is 0 Å². The van der Waals surface area contributed by atoms with E-state index in [2.05, 4.69) is 167 Å². The van der Waals surface area contributed by atoms with Crippen molar-refractivity contribution in [3.05, 3.63) is 146 Å². The summed E-state index contributed by atoms with van der Waals surface area (Å²) in [6.45, 7) is 6.37. The molecule has 1 atom stereocenters. The van der Waals surface area contributed by atoms with Crippen LogP contribution in [0.25, 0.3) is 0 Å². The first-order valence-electron chi connectivity index (χ1n) is 32.8. The first-order chi connectivity index (χ1) is 39.5. The van der Waals surface area contributed by atoms with E-state index in [-0.39, 0.29) is 31.1 Å². The number of hydrogen-bond donors (Lipinski definition) is 0. The Bertz CT molecular complexity index is 1750. The Morgan fingerprint density at radius 2 is 0.487 bits per heavy atom. The number of hydrogen-bond acceptors (Lipinski definition) is 6. The van der Waals surface area contributed by atoms with Gasteiger partial charge in [-0.1, -0.05) is 269 Å². The van der Waals surface area contributed by atoms with Crippen molar-refractivity contribution < 1.29 is 28.6 Å². The van der Waals surface area contributed by atoms with E-state index < -0.39 is 6.10 Å². The van der Waals surface area contributed by atoms with Crippen LogP contribution in [0.1, 0.15) is 284 Å². The van der Waals surface area contributed by atoms with Gasteiger partial charge in [0.2, 0.25) is 0 Å². The van der Waals surface area contributed by atoms with Crippen LogP contribution in [0, 0.1) is 0 Å². The van der Waals surface area contributed by atoms with Gasteiger partial charge < -0.3 is 14.2 Å². The normalized spacial score (nSPS) is 13.1. The Morgan fingerprint density at radius 3 is 0.775 bits per heavy atom. The summed E-state index contributed by atoms with van der Waals surface area (Å²) in [5, 5.41) is 0. The second-order valence-electron chi connectivity index (χ2n) is 21.3.